The van der Waals surface area contributed by atoms with Gasteiger partial charge in [0.2, 0.25) is 5.82 Å². The fraction of sp³-hybridized carbons (Fsp3) is 0.370. The second-order valence-corrected chi connectivity index (χ2v) is 9.15. The van der Waals surface area contributed by atoms with Crippen LogP contribution in [0.5, 0.6) is 0 Å². The number of nitrogens with one attached hydrogen (secondary N) is 1. The molecule has 4 aromatic rings. The Balaban J connectivity index is 1.39. The number of nitrogens with zero attached hydrogens (tertiary/aromatic N) is 6. The van der Waals surface area contributed by atoms with Crippen LogP contribution in [0.1, 0.15) is 49.9 Å². The molecule has 1 saturated carbocycles. The van der Waals surface area contributed by atoms with E-state index in [1.165, 1.54) is 32.1 Å². The van der Waals surface area contributed by atoms with Gasteiger partial charge in [0.15, 0.2) is 0 Å². The lowest BCUT2D eigenvalue weighted by atomic mass is 9.89. The third-order valence-electron chi connectivity index (χ3n) is 6.77. The second kappa shape index (κ2) is 10.5. The highest BCUT2D eigenvalue weighted by Crippen LogP contribution is 2.30. The normalized spacial score (nSPS) is 14.1. The molecule has 1 N–H and O–H groups in total. The van der Waals surface area contributed by atoms with Gasteiger partial charge in [0.25, 0.3) is 0 Å². The van der Waals surface area contributed by atoms with Crippen LogP contribution in [0.25, 0.3) is 22.5 Å². The summed E-state index contributed by atoms with van der Waals surface area (Å²) < 4.78 is 3.44. The molecule has 2 heterocycles. The number of terminal acetylenes is 1. The summed E-state index contributed by atoms with van der Waals surface area (Å²) in [6.07, 6.45) is 12.8. The Morgan fingerprint density at radius 1 is 1.03 bits per heavy atom. The van der Waals surface area contributed by atoms with Crippen LogP contribution in [0, 0.1) is 18.3 Å². The zero-order valence-corrected chi connectivity index (χ0v) is 19.7. The van der Waals surface area contributed by atoms with Gasteiger partial charge in [0.1, 0.15) is 5.82 Å². The van der Waals surface area contributed by atoms with E-state index in [4.69, 9.17) is 11.5 Å². The lowest BCUT2D eigenvalue weighted by Gasteiger charge is -2.20. The number of hydrogen-bond acceptors (Lipinski definition) is 5. The largest absolute Gasteiger partial charge is 0.346 e. The molecule has 0 saturated heterocycles. The van der Waals surface area contributed by atoms with Crippen molar-refractivity contribution in [1.29, 1.82) is 0 Å². The summed E-state index contributed by atoms with van der Waals surface area (Å²) in [5, 5.41) is 19.1. The summed E-state index contributed by atoms with van der Waals surface area (Å²) in [6.45, 7) is 1.16. The van der Waals surface area contributed by atoms with Gasteiger partial charge in [-0.05, 0) is 40.7 Å². The Bertz CT molecular complexity index is 1350. The van der Waals surface area contributed by atoms with Crippen molar-refractivity contribution in [2.24, 2.45) is 5.92 Å². The van der Waals surface area contributed by atoms with E-state index in [1.807, 2.05) is 24.3 Å². The van der Waals surface area contributed by atoms with Crippen molar-refractivity contribution < 1.29 is 0 Å². The fourth-order valence-corrected chi connectivity index (χ4v) is 4.92. The molecule has 178 valence electrons. The monoisotopic (exact) mass is 467 g/mol. The van der Waals surface area contributed by atoms with Crippen LogP contribution in [0.15, 0.2) is 53.3 Å². The first-order valence-corrected chi connectivity index (χ1v) is 12.2. The molecule has 0 aliphatic heterocycles. The molecule has 35 heavy (non-hydrogen) atoms. The van der Waals surface area contributed by atoms with Crippen molar-refractivity contribution >= 4 is 0 Å². The predicted octanol–water partition coefficient (Wildman–Crippen LogP) is 4.09. The topological polar surface area (TPSA) is 94.3 Å². The van der Waals surface area contributed by atoms with Crippen molar-refractivity contribution in [3.05, 3.63) is 70.4 Å². The van der Waals surface area contributed by atoms with Crippen LogP contribution in [-0.2, 0) is 19.5 Å². The first kappa shape index (κ1) is 22.8. The van der Waals surface area contributed by atoms with E-state index < -0.39 is 0 Å². The minimum Gasteiger partial charge on any atom is -0.274 e. The summed E-state index contributed by atoms with van der Waals surface area (Å²) >= 11 is 0. The van der Waals surface area contributed by atoms with E-state index in [9.17, 15) is 4.79 Å². The summed E-state index contributed by atoms with van der Waals surface area (Å²) in [6, 6.07) is 16.2. The Hall–Kier alpha value is -3.99. The molecule has 0 unspecified atom stereocenters. The Morgan fingerprint density at radius 2 is 1.80 bits per heavy atom. The zero-order chi connectivity index (χ0) is 24.0. The van der Waals surface area contributed by atoms with Gasteiger partial charge in [-0.1, -0.05) is 67.8 Å². The third-order valence-corrected chi connectivity index (χ3v) is 6.77. The van der Waals surface area contributed by atoms with Crippen LogP contribution < -0.4 is 5.69 Å². The van der Waals surface area contributed by atoms with Gasteiger partial charge in [-0.25, -0.2) is 9.48 Å². The fourth-order valence-electron chi connectivity index (χ4n) is 4.92. The zero-order valence-electron chi connectivity index (χ0n) is 19.7. The Morgan fingerprint density at radius 3 is 2.51 bits per heavy atom. The van der Waals surface area contributed by atoms with E-state index in [1.54, 1.807) is 9.25 Å². The summed E-state index contributed by atoms with van der Waals surface area (Å²) in [5.74, 6) is 4.52. The van der Waals surface area contributed by atoms with Crippen LogP contribution in [0.2, 0.25) is 0 Å². The number of H-pyrrole nitrogens is 1. The van der Waals surface area contributed by atoms with Crippen LogP contribution in [-0.4, -0.2) is 35.0 Å². The van der Waals surface area contributed by atoms with Crippen molar-refractivity contribution in [2.75, 3.05) is 0 Å². The molecular formula is C27H29N7O. The quantitative estimate of drug-likeness (QED) is 0.394. The van der Waals surface area contributed by atoms with Crippen molar-refractivity contribution in [3.63, 3.8) is 0 Å². The molecule has 0 atom stereocenters. The van der Waals surface area contributed by atoms with Gasteiger partial charge in [-0.15, -0.1) is 22.5 Å². The first-order valence-electron chi connectivity index (χ1n) is 12.2. The molecule has 1 fully saturated rings. The molecule has 2 aromatic heterocycles. The maximum Gasteiger partial charge on any atom is 0.346 e. The Kier molecular flexibility index (Phi) is 6.85. The number of tetrazole rings is 1. The lowest BCUT2D eigenvalue weighted by Crippen LogP contribution is -2.29. The van der Waals surface area contributed by atoms with E-state index in [0.29, 0.717) is 37.7 Å². The van der Waals surface area contributed by atoms with E-state index in [2.05, 4.69) is 50.8 Å². The Labute approximate surface area is 204 Å². The molecule has 0 spiro atoms. The van der Waals surface area contributed by atoms with E-state index in [-0.39, 0.29) is 5.69 Å². The summed E-state index contributed by atoms with van der Waals surface area (Å²) in [7, 11) is 0. The molecule has 0 radical (unpaired) electrons. The average Bonchev–Trinajstić information content (AvgIpc) is 3.54. The van der Waals surface area contributed by atoms with Gasteiger partial charge in [0, 0.05) is 24.9 Å². The first-order chi connectivity index (χ1) is 17.2. The molecule has 1 aliphatic rings. The molecule has 0 bridgehead atoms. The lowest BCUT2D eigenvalue weighted by molar-refractivity contribution is 0.303. The maximum absolute atomic E-state index is 13.3. The van der Waals surface area contributed by atoms with Gasteiger partial charge >= 0.3 is 5.69 Å². The number of benzene rings is 2. The number of hydrogen-bond donors (Lipinski definition) is 1. The molecule has 2 aromatic carbocycles. The number of aromatic amines is 1. The molecule has 8 heteroatoms. The molecule has 8 nitrogen and oxygen atoms in total. The number of aryl methyl sites for hydroxylation is 1. The van der Waals surface area contributed by atoms with Crippen molar-refractivity contribution in [3.8, 4) is 34.9 Å². The van der Waals surface area contributed by atoms with Crippen LogP contribution in [0.4, 0.5) is 0 Å². The number of aromatic nitrogens is 7. The van der Waals surface area contributed by atoms with Gasteiger partial charge in [-0.2, -0.15) is 10.3 Å². The second-order valence-electron chi connectivity index (χ2n) is 9.15. The molecular weight excluding hydrogens is 438 g/mol. The third kappa shape index (κ3) is 5.09. The van der Waals surface area contributed by atoms with E-state index >= 15 is 0 Å². The maximum atomic E-state index is 13.3. The summed E-state index contributed by atoms with van der Waals surface area (Å²) in [5.41, 5.74) is 3.96. The van der Waals surface area contributed by atoms with Gasteiger partial charge in [0.05, 0.1) is 6.54 Å². The van der Waals surface area contributed by atoms with Crippen molar-refractivity contribution in [1.82, 2.24) is 35.0 Å². The van der Waals surface area contributed by atoms with Crippen molar-refractivity contribution in [2.45, 2.75) is 58.0 Å². The average molecular weight is 468 g/mol. The highest BCUT2D eigenvalue weighted by atomic mass is 16.2. The predicted molar refractivity (Wildman–Crippen MR) is 134 cm³/mol. The minimum absolute atomic E-state index is 0.0471. The number of rotatable bonds is 8. The molecule has 1 aliphatic carbocycles. The van der Waals surface area contributed by atoms with Gasteiger partial charge in [-0.3, -0.25) is 4.57 Å². The molecule has 0 amide bonds. The minimum atomic E-state index is -0.0471. The summed E-state index contributed by atoms with van der Waals surface area (Å²) in [4.78, 5) is 13.3. The SMILES string of the molecule is C#CCCc1nn(CC2CCCCC2)c(=O)n1Cc1ccc(-c2ccccc2-c2nn[nH]n2)cc1. The van der Waals surface area contributed by atoms with E-state index in [0.717, 1.165) is 28.1 Å². The van der Waals surface area contributed by atoms with Crippen LogP contribution >= 0.6 is 0 Å². The highest BCUT2D eigenvalue weighted by Gasteiger charge is 2.19. The highest BCUT2D eigenvalue weighted by molar-refractivity contribution is 5.80. The van der Waals surface area contributed by atoms with Crippen LogP contribution in [0.3, 0.4) is 0 Å². The standard InChI is InChI=1S/C27H29N7O/c1-2-3-13-25-30-34(19-20-9-5-4-6-10-20)27(35)33(25)18-21-14-16-22(17-15-21)23-11-7-8-12-24(23)26-28-31-32-29-26/h1,7-8,11-12,14-17,20H,3-6,9-10,13,18-19H2,(H,28,29,31,32). The van der Waals surface area contributed by atoms with Gasteiger partial charge < -0.3 is 0 Å². The molecule has 5 rings (SSSR count). The smallest absolute Gasteiger partial charge is 0.274 e.